The molecular formula is C28H41FN6O3. The molecule has 1 aromatic carbocycles. The van der Waals surface area contributed by atoms with Crippen LogP contribution in [0.1, 0.15) is 56.6 Å². The molecule has 1 saturated heterocycles. The van der Waals surface area contributed by atoms with Gasteiger partial charge in [-0.05, 0) is 56.3 Å². The minimum atomic E-state index is -0.702. The lowest BCUT2D eigenvalue weighted by Crippen LogP contribution is -2.59. The zero-order valence-electron chi connectivity index (χ0n) is 23.3. The molecule has 38 heavy (non-hydrogen) atoms. The zero-order valence-corrected chi connectivity index (χ0v) is 23.3. The third-order valence-electron chi connectivity index (χ3n) is 7.22. The predicted molar refractivity (Wildman–Crippen MR) is 144 cm³/mol. The second kappa shape index (κ2) is 12.5. The Balaban J connectivity index is 1.81. The summed E-state index contributed by atoms with van der Waals surface area (Å²) in [6, 6.07) is 4.95. The largest absolute Gasteiger partial charge is 0.342 e. The van der Waals surface area contributed by atoms with Gasteiger partial charge in [-0.3, -0.25) is 14.4 Å². The third kappa shape index (κ3) is 7.18. The number of imidazole rings is 1. The number of rotatable bonds is 10. The quantitative estimate of drug-likeness (QED) is 0.493. The monoisotopic (exact) mass is 528 g/mol. The van der Waals surface area contributed by atoms with Gasteiger partial charge in [-0.15, -0.1) is 0 Å². The van der Waals surface area contributed by atoms with Crippen molar-refractivity contribution in [2.24, 2.45) is 12.5 Å². The van der Waals surface area contributed by atoms with E-state index < -0.39 is 17.5 Å². The normalized spacial score (nSPS) is 17.2. The van der Waals surface area contributed by atoms with Crippen molar-refractivity contribution in [3.63, 3.8) is 0 Å². The Hall–Kier alpha value is -3.27. The summed E-state index contributed by atoms with van der Waals surface area (Å²) in [7, 11) is 3.47. The van der Waals surface area contributed by atoms with E-state index in [1.54, 1.807) is 55.1 Å². The molecule has 1 aromatic heterocycles. The van der Waals surface area contributed by atoms with Gasteiger partial charge in [0, 0.05) is 32.7 Å². The number of aryl methyl sites for hydroxylation is 1. The van der Waals surface area contributed by atoms with E-state index in [1.165, 1.54) is 12.1 Å². The van der Waals surface area contributed by atoms with E-state index in [-0.39, 0.29) is 29.6 Å². The van der Waals surface area contributed by atoms with Gasteiger partial charge >= 0.3 is 0 Å². The highest BCUT2D eigenvalue weighted by Crippen LogP contribution is 2.27. The highest BCUT2D eigenvalue weighted by atomic mass is 19.1. The number of nitrogens with zero attached hydrogens (tertiary/aromatic N) is 4. The minimum absolute atomic E-state index is 0.136. The molecule has 1 aliphatic heterocycles. The van der Waals surface area contributed by atoms with Crippen LogP contribution < -0.4 is 10.6 Å². The van der Waals surface area contributed by atoms with Crippen molar-refractivity contribution in [3.8, 4) is 0 Å². The summed E-state index contributed by atoms with van der Waals surface area (Å²) in [5.41, 5.74) is 0.878. The number of likely N-dealkylation sites (N-methyl/N-ethyl adjacent to an activating group) is 1. The topological polar surface area (TPSA) is 99.6 Å². The minimum Gasteiger partial charge on any atom is -0.342 e. The maximum absolute atomic E-state index is 13.8. The standard InChI is InChI=1S/C28H41FN6O3/c1-19(30-5)25(36)32-24(28(2,3)4)27(38)35-14-7-8-22(35)17-34(26(37)23-16-31-18-33(23)6)15-13-20-9-11-21(29)12-10-20/h9-12,16,18-19,22,24,30H,7-8,13-15,17H2,1-6H3,(H,32,36). The first-order chi connectivity index (χ1) is 17.9. The molecule has 10 heteroatoms. The van der Waals surface area contributed by atoms with Gasteiger partial charge in [-0.2, -0.15) is 0 Å². The Kier molecular flexibility index (Phi) is 9.65. The Morgan fingerprint density at radius 1 is 1.21 bits per heavy atom. The predicted octanol–water partition coefficient (Wildman–Crippen LogP) is 2.37. The van der Waals surface area contributed by atoms with Crippen LogP contribution in [-0.4, -0.2) is 81.9 Å². The van der Waals surface area contributed by atoms with Crippen molar-refractivity contribution >= 4 is 17.7 Å². The van der Waals surface area contributed by atoms with Gasteiger partial charge in [0.15, 0.2) is 0 Å². The fraction of sp³-hybridized carbons (Fsp3) is 0.571. The van der Waals surface area contributed by atoms with Crippen LogP contribution in [0.25, 0.3) is 0 Å². The van der Waals surface area contributed by atoms with Crippen LogP contribution in [-0.2, 0) is 23.1 Å². The molecule has 2 aromatic rings. The van der Waals surface area contributed by atoms with E-state index in [1.807, 2.05) is 25.7 Å². The smallest absolute Gasteiger partial charge is 0.272 e. The lowest BCUT2D eigenvalue weighted by molar-refractivity contribution is -0.140. The summed E-state index contributed by atoms with van der Waals surface area (Å²) < 4.78 is 15.1. The van der Waals surface area contributed by atoms with Crippen LogP contribution >= 0.6 is 0 Å². The zero-order chi connectivity index (χ0) is 28.0. The lowest BCUT2D eigenvalue weighted by atomic mass is 9.85. The number of likely N-dealkylation sites (tertiary alicyclic amines) is 1. The number of halogens is 1. The van der Waals surface area contributed by atoms with Gasteiger partial charge in [-0.1, -0.05) is 32.9 Å². The molecule has 1 fully saturated rings. The first-order valence-corrected chi connectivity index (χ1v) is 13.2. The van der Waals surface area contributed by atoms with Crippen molar-refractivity contribution in [1.29, 1.82) is 0 Å². The number of amides is 3. The maximum atomic E-state index is 13.8. The van der Waals surface area contributed by atoms with E-state index in [4.69, 9.17) is 0 Å². The number of carbonyl (C=O) groups excluding carboxylic acids is 3. The fourth-order valence-electron chi connectivity index (χ4n) is 4.70. The molecule has 3 atom stereocenters. The fourth-order valence-corrected chi connectivity index (χ4v) is 4.70. The van der Waals surface area contributed by atoms with Crippen molar-refractivity contribution in [1.82, 2.24) is 30.0 Å². The number of aromatic nitrogens is 2. The van der Waals surface area contributed by atoms with Crippen LogP contribution in [0.4, 0.5) is 4.39 Å². The second-order valence-corrected chi connectivity index (χ2v) is 11.2. The first-order valence-electron chi connectivity index (χ1n) is 13.2. The summed E-state index contributed by atoms with van der Waals surface area (Å²) in [6.45, 7) is 8.89. The Morgan fingerprint density at radius 2 is 1.89 bits per heavy atom. The molecule has 0 radical (unpaired) electrons. The van der Waals surface area contributed by atoms with Gasteiger partial charge in [-0.25, -0.2) is 9.37 Å². The van der Waals surface area contributed by atoms with Gasteiger partial charge < -0.3 is 25.0 Å². The average Bonchev–Trinajstić information content (AvgIpc) is 3.52. The van der Waals surface area contributed by atoms with Gasteiger partial charge in [0.05, 0.1) is 18.6 Å². The summed E-state index contributed by atoms with van der Waals surface area (Å²) in [5.74, 6) is -0.844. The SMILES string of the molecule is CNC(C)C(=O)NC(C(=O)N1CCCC1CN(CCc1ccc(F)cc1)C(=O)c1cncn1C)C(C)(C)C. The van der Waals surface area contributed by atoms with Crippen molar-refractivity contribution in [3.05, 3.63) is 53.9 Å². The molecule has 0 aliphatic carbocycles. The van der Waals surface area contributed by atoms with Gasteiger partial charge in [0.2, 0.25) is 11.8 Å². The molecule has 3 unspecified atom stereocenters. The van der Waals surface area contributed by atoms with Crippen LogP contribution in [0.5, 0.6) is 0 Å². The first kappa shape index (κ1) is 29.3. The maximum Gasteiger partial charge on any atom is 0.272 e. The summed E-state index contributed by atoms with van der Waals surface area (Å²) in [4.78, 5) is 47.7. The van der Waals surface area contributed by atoms with Gasteiger partial charge in [0.1, 0.15) is 17.6 Å². The van der Waals surface area contributed by atoms with Crippen molar-refractivity contribution in [2.75, 3.05) is 26.7 Å². The number of benzene rings is 1. The molecule has 0 bridgehead atoms. The Labute approximate surface area is 224 Å². The van der Waals surface area contributed by atoms with Crippen molar-refractivity contribution in [2.45, 2.75) is 65.1 Å². The van der Waals surface area contributed by atoms with E-state index in [0.717, 1.165) is 18.4 Å². The summed E-state index contributed by atoms with van der Waals surface area (Å²) in [5, 5.41) is 5.86. The molecule has 2 heterocycles. The Bertz CT molecular complexity index is 1110. The number of hydrogen-bond acceptors (Lipinski definition) is 5. The number of carbonyl (C=O) groups is 3. The molecule has 208 valence electrons. The average molecular weight is 529 g/mol. The highest BCUT2D eigenvalue weighted by molar-refractivity contribution is 5.93. The van der Waals surface area contributed by atoms with Crippen LogP contribution in [0.15, 0.2) is 36.8 Å². The van der Waals surface area contributed by atoms with Crippen LogP contribution in [0.3, 0.4) is 0 Å². The molecule has 1 aliphatic rings. The van der Waals surface area contributed by atoms with E-state index in [0.29, 0.717) is 31.7 Å². The van der Waals surface area contributed by atoms with Gasteiger partial charge in [0.25, 0.3) is 5.91 Å². The molecule has 9 nitrogen and oxygen atoms in total. The second-order valence-electron chi connectivity index (χ2n) is 11.2. The summed E-state index contributed by atoms with van der Waals surface area (Å²) >= 11 is 0. The molecule has 3 rings (SSSR count). The highest BCUT2D eigenvalue weighted by Gasteiger charge is 2.41. The summed E-state index contributed by atoms with van der Waals surface area (Å²) in [6.07, 6.45) is 5.25. The molecule has 0 saturated carbocycles. The molecular weight excluding hydrogens is 487 g/mol. The Morgan fingerprint density at radius 3 is 2.47 bits per heavy atom. The van der Waals surface area contributed by atoms with Crippen LogP contribution in [0.2, 0.25) is 0 Å². The van der Waals surface area contributed by atoms with E-state index >= 15 is 0 Å². The van der Waals surface area contributed by atoms with Crippen LogP contribution in [0, 0.1) is 11.2 Å². The van der Waals surface area contributed by atoms with E-state index in [9.17, 15) is 18.8 Å². The molecule has 3 amide bonds. The van der Waals surface area contributed by atoms with E-state index in [2.05, 4.69) is 15.6 Å². The molecule has 0 spiro atoms. The number of nitrogens with one attached hydrogen (secondary N) is 2. The molecule has 2 N–H and O–H groups in total. The van der Waals surface area contributed by atoms with Crippen molar-refractivity contribution < 1.29 is 18.8 Å². The lowest BCUT2D eigenvalue weighted by Gasteiger charge is -2.37. The third-order valence-corrected chi connectivity index (χ3v) is 7.22. The number of hydrogen-bond donors (Lipinski definition) is 2.